The molecule has 3 aliphatic carbocycles. The maximum atomic E-state index is 13.1. The molecule has 10 nitrogen and oxygen atoms in total. The molecule has 0 radical (unpaired) electrons. The molecule has 220 valence electrons. The predicted molar refractivity (Wildman–Crippen MR) is 157 cm³/mol. The average molecular weight is 579 g/mol. The lowest BCUT2D eigenvalue weighted by Crippen LogP contribution is -2.54. The number of carbonyl (C=O) groups is 4. The molecule has 4 heterocycles. The van der Waals surface area contributed by atoms with Crippen molar-refractivity contribution in [2.45, 2.75) is 82.2 Å². The largest absolute Gasteiger partial charge is 0.385 e. The van der Waals surface area contributed by atoms with Crippen molar-refractivity contribution in [3.63, 3.8) is 0 Å². The van der Waals surface area contributed by atoms with E-state index in [1.54, 1.807) is 18.2 Å². The van der Waals surface area contributed by atoms with Gasteiger partial charge < -0.3 is 5.32 Å². The van der Waals surface area contributed by atoms with Crippen LogP contribution in [-0.4, -0.2) is 55.9 Å². The topological polar surface area (TPSA) is 126 Å². The van der Waals surface area contributed by atoms with Crippen LogP contribution in [-0.2, 0) is 22.4 Å². The molecular weight excluding hydrogens is 544 g/mol. The van der Waals surface area contributed by atoms with Gasteiger partial charge in [-0.05, 0) is 93.5 Å². The number of nitrogens with zero attached hydrogens (tertiary/aromatic N) is 4. The first kappa shape index (κ1) is 26.3. The molecule has 5 aliphatic rings. The van der Waals surface area contributed by atoms with Crippen LogP contribution in [0.3, 0.4) is 0 Å². The number of carbonyl (C=O) groups excluding carboxylic acids is 4. The highest BCUT2D eigenvalue weighted by atomic mass is 16.2. The first-order valence-electron chi connectivity index (χ1n) is 15.6. The van der Waals surface area contributed by atoms with Crippen molar-refractivity contribution in [3.05, 3.63) is 64.6 Å². The lowest BCUT2D eigenvalue weighted by molar-refractivity contribution is -0.136. The van der Waals surface area contributed by atoms with Crippen LogP contribution in [0.15, 0.2) is 36.5 Å². The summed E-state index contributed by atoms with van der Waals surface area (Å²) < 4.78 is 2.17. The van der Waals surface area contributed by atoms with E-state index in [-0.39, 0.29) is 18.7 Å². The molecule has 10 heteroatoms. The molecule has 2 saturated carbocycles. The summed E-state index contributed by atoms with van der Waals surface area (Å²) in [5.74, 6) is -0.947. The van der Waals surface area contributed by atoms with Gasteiger partial charge in [-0.15, -0.1) is 0 Å². The first-order chi connectivity index (χ1) is 20.9. The number of rotatable bonds is 7. The summed E-state index contributed by atoms with van der Waals surface area (Å²) in [6, 6.07) is 9.00. The smallest absolute Gasteiger partial charge is 0.262 e. The van der Waals surface area contributed by atoms with E-state index in [1.165, 1.54) is 48.2 Å². The average Bonchev–Trinajstić information content (AvgIpc) is 3.70. The molecule has 3 aromatic rings. The summed E-state index contributed by atoms with van der Waals surface area (Å²) in [5, 5.41) is 10.8. The van der Waals surface area contributed by atoms with Crippen molar-refractivity contribution in [1.29, 1.82) is 0 Å². The van der Waals surface area contributed by atoms with Crippen molar-refractivity contribution in [2.75, 3.05) is 11.9 Å². The zero-order chi connectivity index (χ0) is 29.2. The molecule has 0 bridgehead atoms. The maximum absolute atomic E-state index is 13.1. The summed E-state index contributed by atoms with van der Waals surface area (Å²) in [7, 11) is 0. The third-order valence-corrected chi connectivity index (χ3v) is 9.80. The van der Waals surface area contributed by atoms with Crippen molar-refractivity contribution in [1.82, 2.24) is 25.0 Å². The van der Waals surface area contributed by atoms with Gasteiger partial charge in [0, 0.05) is 42.0 Å². The number of hydrogen-bond acceptors (Lipinski definition) is 7. The lowest BCUT2D eigenvalue weighted by Gasteiger charge is -2.35. The number of pyridine rings is 1. The third kappa shape index (κ3) is 4.63. The highest BCUT2D eigenvalue weighted by Crippen LogP contribution is 2.46. The molecule has 2 aliphatic heterocycles. The number of amides is 4. The number of aryl methyl sites for hydroxylation is 2. The number of fused-ring (bicyclic) bond motifs is 2. The van der Waals surface area contributed by atoms with E-state index < -0.39 is 23.8 Å². The highest BCUT2D eigenvalue weighted by Gasteiger charge is 2.44. The fourth-order valence-corrected chi connectivity index (χ4v) is 7.11. The summed E-state index contributed by atoms with van der Waals surface area (Å²) in [4.78, 5) is 56.0. The molecule has 4 amide bonds. The molecule has 43 heavy (non-hydrogen) atoms. The van der Waals surface area contributed by atoms with Crippen molar-refractivity contribution in [3.8, 4) is 11.3 Å². The Morgan fingerprint density at radius 2 is 1.70 bits per heavy atom. The van der Waals surface area contributed by atoms with Crippen molar-refractivity contribution in [2.24, 2.45) is 5.92 Å². The van der Waals surface area contributed by atoms with Gasteiger partial charge in [-0.3, -0.25) is 39.1 Å². The number of piperidine rings is 1. The Labute approximate surface area is 249 Å². The number of hydrogen-bond donors (Lipinski definition) is 2. The highest BCUT2D eigenvalue weighted by molar-refractivity contribution is 6.23. The second kappa shape index (κ2) is 10.1. The van der Waals surface area contributed by atoms with Gasteiger partial charge >= 0.3 is 0 Å². The Morgan fingerprint density at radius 1 is 0.884 bits per heavy atom. The van der Waals surface area contributed by atoms with Gasteiger partial charge in [0.25, 0.3) is 11.8 Å². The lowest BCUT2D eigenvalue weighted by atomic mass is 9.80. The minimum Gasteiger partial charge on any atom is -0.385 e. The molecule has 1 unspecified atom stereocenters. The number of aromatic nitrogens is 3. The van der Waals surface area contributed by atoms with Gasteiger partial charge in [0.1, 0.15) is 6.04 Å². The first-order valence-corrected chi connectivity index (χ1v) is 15.6. The molecule has 1 atom stereocenters. The van der Waals surface area contributed by atoms with E-state index in [0.717, 1.165) is 48.5 Å². The van der Waals surface area contributed by atoms with Gasteiger partial charge in [0.05, 0.1) is 28.6 Å². The minimum absolute atomic E-state index is 0.103. The van der Waals surface area contributed by atoms with Gasteiger partial charge in [-0.2, -0.15) is 5.10 Å². The van der Waals surface area contributed by atoms with Crippen LogP contribution in [0.1, 0.15) is 101 Å². The standard InChI is InChI=1S/C33H34N6O4/c40-29-12-11-28(31(41)36-29)39-32(42)23-9-8-21(15-24(23)33(39)43)34-16-18-13-22(14-18)38-17-25(30(37-38)20-5-6-20)27-10-7-19-3-1-2-4-26(19)35-27/h7-10,15,17-18,20,22,28,34H,1-6,11-14,16H2,(H,36,40,41). The quantitative estimate of drug-likeness (QED) is 0.403. The molecule has 1 saturated heterocycles. The van der Waals surface area contributed by atoms with E-state index in [2.05, 4.69) is 33.6 Å². The Balaban J connectivity index is 0.914. The summed E-state index contributed by atoms with van der Waals surface area (Å²) in [6.45, 7) is 0.754. The second-order valence-corrected chi connectivity index (χ2v) is 12.8. The van der Waals surface area contributed by atoms with Crippen LogP contribution >= 0.6 is 0 Å². The zero-order valence-corrected chi connectivity index (χ0v) is 24.0. The molecule has 8 rings (SSSR count). The van der Waals surface area contributed by atoms with Crippen LogP contribution in [0.2, 0.25) is 0 Å². The van der Waals surface area contributed by atoms with Gasteiger partial charge in [0.15, 0.2) is 0 Å². The van der Waals surface area contributed by atoms with Crippen molar-refractivity contribution < 1.29 is 19.2 Å². The number of benzene rings is 1. The minimum atomic E-state index is -0.959. The number of anilines is 1. The summed E-state index contributed by atoms with van der Waals surface area (Å²) in [5.41, 5.74) is 7.47. The molecular formula is C33H34N6O4. The molecule has 2 N–H and O–H groups in total. The van der Waals surface area contributed by atoms with E-state index in [9.17, 15) is 19.2 Å². The van der Waals surface area contributed by atoms with E-state index >= 15 is 0 Å². The van der Waals surface area contributed by atoms with Crippen LogP contribution in [0.5, 0.6) is 0 Å². The van der Waals surface area contributed by atoms with Crippen LogP contribution in [0.4, 0.5) is 5.69 Å². The fraction of sp³-hybridized carbons (Fsp3) is 0.455. The summed E-state index contributed by atoms with van der Waals surface area (Å²) >= 11 is 0. The number of imide groups is 2. The summed E-state index contributed by atoms with van der Waals surface area (Å²) in [6.07, 6.45) is 11.6. The third-order valence-electron chi connectivity index (χ3n) is 9.80. The molecule has 1 aromatic carbocycles. The second-order valence-electron chi connectivity index (χ2n) is 12.8. The Bertz CT molecular complexity index is 1680. The zero-order valence-electron chi connectivity index (χ0n) is 24.0. The van der Waals surface area contributed by atoms with Gasteiger partial charge in [-0.25, -0.2) is 0 Å². The molecule has 0 spiro atoms. The van der Waals surface area contributed by atoms with Gasteiger partial charge in [0.2, 0.25) is 11.8 Å². The predicted octanol–water partition coefficient (Wildman–Crippen LogP) is 4.17. The normalized spacial score (nSPS) is 24.8. The molecule has 3 fully saturated rings. The fourth-order valence-electron chi connectivity index (χ4n) is 7.11. The Morgan fingerprint density at radius 3 is 2.51 bits per heavy atom. The Kier molecular flexibility index (Phi) is 6.20. The van der Waals surface area contributed by atoms with Crippen LogP contribution in [0.25, 0.3) is 11.3 Å². The van der Waals surface area contributed by atoms with Crippen molar-refractivity contribution >= 4 is 29.3 Å². The molecule has 2 aromatic heterocycles. The van der Waals surface area contributed by atoms with Gasteiger partial charge in [-0.1, -0.05) is 6.07 Å². The number of nitrogens with one attached hydrogen (secondary N) is 2. The van der Waals surface area contributed by atoms with Crippen LogP contribution in [0, 0.1) is 5.92 Å². The SMILES string of the molecule is O=C1CCC(N2C(=O)c3ccc(NCC4CC(n5cc(-c6ccc7c(n6)CCCC7)c(C6CC6)n5)C4)cc3C2=O)C(=O)N1. The Hall–Kier alpha value is -4.34. The maximum Gasteiger partial charge on any atom is 0.262 e. The van der Waals surface area contributed by atoms with E-state index in [0.29, 0.717) is 29.0 Å². The van der Waals surface area contributed by atoms with Crippen LogP contribution < -0.4 is 10.6 Å². The monoisotopic (exact) mass is 578 g/mol. The van der Waals surface area contributed by atoms with E-state index in [4.69, 9.17) is 10.1 Å². The van der Waals surface area contributed by atoms with E-state index in [1.807, 2.05) is 0 Å².